The molecule has 0 unspecified atom stereocenters. The Labute approximate surface area is 239 Å². The zero-order valence-corrected chi connectivity index (χ0v) is 23.5. The zero-order chi connectivity index (χ0) is 30.6. The minimum atomic E-state index is -4.59. The van der Waals surface area contributed by atoms with Crippen LogP contribution in [0.2, 0.25) is 0 Å². The Hall–Kier alpha value is -4.72. The van der Waals surface area contributed by atoms with Gasteiger partial charge in [0.15, 0.2) is 5.82 Å². The van der Waals surface area contributed by atoms with Crippen LogP contribution in [-0.4, -0.2) is 77.8 Å². The van der Waals surface area contributed by atoms with Gasteiger partial charge in [0, 0.05) is 32.4 Å². The molecule has 0 saturated heterocycles. The maximum Gasteiger partial charge on any atom is 0.406 e. The molecule has 0 aliphatic heterocycles. The number of halogens is 4. The largest absolute Gasteiger partial charge is 0.494 e. The molecule has 14 heteroatoms. The number of methoxy groups -OCH3 is 1. The molecule has 0 atom stereocenters. The first-order chi connectivity index (χ1) is 19.9. The van der Waals surface area contributed by atoms with Crippen LogP contribution in [0, 0.1) is 5.82 Å². The lowest BCUT2D eigenvalue weighted by Crippen LogP contribution is -2.29. The van der Waals surface area contributed by atoms with Crippen LogP contribution in [0.15, 0.2) is 55.3 Å². The third kappa shape index (κ3) is 7.13. The number of aromatic nitrogens is 4. The van der Waals surface area contributed by atoms with E-state index in [-0.39, 0.29) is 28.5 Å². The molecule has 4 aromatic rings. The van der Waals surface area contributed by atoms with E-state index in [1.807, 2.05) is 30.9 Å². The molecule has 42 heavy (non-hydrogen) atoms. The molecule has 10 nitrogen and oxygen atoms in total. The van der Waals surface area contributed by atoms with Crippen LogP contribution in [0.25, 0.3) is 22.6 Å². The first-order valence-electron chi connectivity index (χ1n) is 12.7. The number of anilines is 4. The van der Waals surface area contributed by atoms with Gasteiger partial charge in [-0.1, -0.05) is 6.58 Å². The Morgan fingerprint density at radius 1 is 1.10 bits per heavy atom. The molecule has 1 amide bonds. The summed E-state index contributed by atoms with van der Waals surface area (Å²) >= 11 is 0. The summed E-state index contributed by atoms with van der Waals surface area (Å²) in [6.07, 6.45) is -2.09. The molecule has 0 saturated carbocycles. The predicted molar refractivity (Wildman–Crippen MR) is 154 cm³/mol. The third-order valence-corrected chi connectivity index (χ3v) is 6.23. The standard InChI is InChI=1S/C28H30F4N8O2/c1-6-25(41)34-20-14-21(24(42-5)15-22(20)39(4)12-11-38(2)3)37-27-33-10-9-19(36-27)26-35-18-8-7-17(29)13-23(18)40(26)16-28(30,31)32/h6-10,13-15H,1,11-12,16H2,2-5H3,(H,34,41)(H,33,36,37). The van der Waals surface area contributed by atoms with E-state index in [1.54, 1.807) is 12.1 Å². The van der Waals surface area contributed by atoms with Crippen LogP contribution in [0.4, 0.5) is 40.6 Å². The lowest BCUT2D eigenvalue weighted by Gasteiger charge is -2.26. The number of carbonyl (C=O) groups excluding carboxylic acids is 1. The highest BCUT2D eigenvalue weighted by Crippen LogP contribution is 2.38. The molecule has 2 aromatic carbocycles. The first kappa shape index (κ1) is 30.2. The van der Waals surface area contributed by atoms with Crippen molar-refractivity contribution in [3.8, 4) is 17.3 Å². The Balaban J connectivity index is 1.75. The van der Waals surface area contributed by atoms with Crippen molar-refractivity contribution in [1.29, 1.82) is 0 Å². The number of ether oxygens (including phenoxy) is 1. The molecule has 0 aliphatic rings. The van der Waals surface area contributed by atoms with Crippen LogP contribution in [0.5, 0.6) is 5.75 Å². The van der Waals surface area contributed by atoms with Gasteiger partial charge in [0.2, 0.25) is 11.9 Å². The van der Waals surface area contributed by atoms with Crippen molar-refractivity contribution in [2.24, 2.45) is 0 Å². The summed E-state index contributed by atoms with van der Waals surface area (Å²) in [5.41, 5.74) is 1.75. The highest BCUT2D eigenvalue weighted by molar-refractivity contribution is 6.02. The summed E-state index contributed by atoms with van der Waals surface area (Å²) in [7, 11) is 7.25. The lowest BCUT2D eigenvalue weighted by molar-refractivity contribution is -0.139. The van der Waals surface area contributed by atoms with Crippen LogP contribution in [0.3, 0.4) is 0 Å². The molecule has 0 radical (unpaired) electrons. The summed E-state index contributed by atoms with van der Waals surface area (Å²) in [5, 5.41) is 5.81. The van der Waals surface area contributed by atoms with Crippen molar-refractivity contribution < 1.29 is 27.1 Å². The van der Waals surface area contributed by atoms with E-state index >= 15 is 0 Å². The molecule has 2 aromatic heterocycles. The molecule has 222 valence electrons. The van der Waals surface area contributed by atoms with Crippen LogP contribution >= 0.6 is 0 Å². The van der Waals surface area contributed by atoms with Crippen LogP contribution in [0.1, 0.15) is 0 Å². The Morgan fingerprint density at radius 2 is 1.86 bits per heavy atom. The number of benzene rings is 2. The second-order valence-corrected chi connectivity index (χ2v) is 9.65. The van der Waals surface area contributed by atoms with Gasteiger partial charge in [0.05, 0.1) is 35.2 Å². The molecule has 2 N–H and O–H groups in total. The molecule has 4 rings (SSSR count). The summed E-state index contributed by atoms with van der Waals surface area (Å²) in [6, 6.07) is 8.21. The number of carbonyl (C=O) groups is 1. The number of imidazole rings is 1. The highest BCUT2D eigenvalue weighted by Gasteiger charge is 2.31. The number of likely N-dealkylation sites (N-methyl/N-ethyl adjacent to an activating group) is 2. The smallest absolute Gasteiger partial charge is 0.406 e. The number of hydrogen-bond acceptors (Lipinski definition) is 8. The Kier molecular flexibility index (Phi) is 8.95. The fraction of sp³-hybridized carbons (Fsp3) is 0.286. The van der Waals surface area contributed by atoms with Gasteiger partial charge < -0.3 is 29.7 Å². The van der Waals surface area contributed by atoms with E-state index in [0.29, 0.717) is 29.4 Å². The van der Waals surface area contributed by atoms with Crippen molar-refractivity contribution in [3.63, 3.8) is 0 Å². The second-order valence-electron chi connectivity index (χ2n) is 9.65. The molecule has 0 bridgehead atoms. The average molecular weight is 587 g/mol. The number of nitrogens with zero attached hydrogens (tertiary/aromatic N) is 6. The molecule has 0 aliphatic carbocycles. The summed E-state index contributed by atoms with van der Waals surface area (Å²) < 4.78 is 60.8. The van der Waals surface area contributed by atoms with Gasteiger partial charge in [-0.3, -0.25) is 4.79 Å². The van der Waals surface area contributed by atoms with Gasteiger partial charge in [-0.25, -0.2) is 19.3 Å². The predicted octanol–water partition coefficient (Wildman–Crippen LogP) is 5.07. The molecule has 2 heterocycles. The SMILES string of the molecule is C=CC(=O)Nc1cc(Nc2nccc(-c3nc4ccc(F)cc4n3CC(F)(F)F)n2)c(OC)cc1N(C)CCN(C)C. The van der Waals surface area contributed by atoms with E-state index in [9.17, 15) is 22.4 Å². The van der Waals surface area contributed by atoms with Gasteiger partial charge in [-0.15, -0.1) is 0 Å². The normalized spacial score (nSPS) is 11.5. The summed E-state index contributed by atoms with van der Waals surface area (Å²) in [6.45, 7) is 3.52. The summed E-state index contributed by atoms with van der Waals surface area (Å²) in [5.74, 6) is -0.803. The minimum absolute atomic E-state index is 0.0197. The monoisotopic (exact) mass is 586 g/mol. The number of hydrogen-bond donors (Lipinski definition) is 2. The molecule has 0 fully saturated rings. The van der Waals surface area contributed by atoms with E-state index in [0.717, 1.165) is 29.3 Å². The summed E-state index contributed by atoms with van der Waals surface area (Å²) in [4.78, 5) is 29.1. The number of rotatable bonds is 11. The van der Waals surface area contributed by atoms with Crippen molar-refractivity contribution in [1.82, 2.24) is 24.4 Å². The van der Waals surface area contributed by atoms with Gasteiger partial charge in [0.25, 0.3) is 0 Å². The van der Waals surface area contributed by atoms with Gasteiger partial charge >= 0.3 is 6.18 Å². The molecule has 0 spiro atoms. The van der Waals surface area contributed by atoms with Gasteiger partial charge in [-0.2, -0.15) is 13.2 Å². The minimum Gasteiger partial charge on any atom is -0.494 e. The molecular weight excluding hydrogens is 556 g/mol. The first-order valence-corrected chi connectivity index (χ1v) is 12.7. The van der Waals surface area contributed by atoms with Crippen molar-refractivity contribution in [2.45, 2.75) is 12.7 Å². The molecular formula is C28H30F4N8O2. The maximum absolute atomic E-state index is 13.9. The number of alkyl halides is 3. The second kappa shape index (κ2) is 12.4. The van der Waals surface area contributed by atoms with Crippen LogP contribution < -0.4 is 20.3 Å². The number of fused-ring (bicyclic) bond motifs is 1. The van der Waals surface area contributed by atoms with Crippen molar-refractivity contribution in [3.05, 3.63) is 61.1 Å². The Morgan fingerprint density at radius 3 is 2.52 bits per heavy atom. The van der Waals surface area contributed by atoms with Crippen LogP contribution in [-0.2, 0) is 11.3 Å². The fourth-order valence-electron chi connectivity index (χ4n) is 4.20. The number of amides is 1. The van der Waals surface area contributed by atoms with E-state index in [2.05, 4.69) is 32.2 Å². The van der Waals surface area contributed by atoms with E-state index < -0.39 is 24.4 Å². The maximum atomic E-state index is 13.9. The third-order valence-electron chi connectivity index (χ3n) is 6.23. The fourth-order valence-corrected chi connectivity index (χ4v) is 4.20. The Bertz CT molecular complexity index is 1600. The quantitative estimate of drug-likeness (QED) is 0.186. The lowest BCUT2D eigenvalue weighted by atomic mass is 10.2. The van der Waals surface area contributed by atoms with Crippen molar-refractivity contribution >= 4 is 40.0 Å². The topological polar surface area (TPSA) is 100 Å². The van der Waals surface area contributed by atoms with Gasteiger partial charge in [0.1, 0.15) is 23.8 Å². The average Bonchev–Trinajstić information content (AvgIpc) is 3.27. The van der Waals surface area contributed by atoms with E-state index in [4.69, 9.17) is 4.74 Å². The zero-order valence-electron chi connectivity index (χ0n) is 23.5. The van der Waals surface area contributed by atoms with Crippen molar-refractivity contribution in [2.75, 3.05) is 56.9 Å². The van der Waals surface area contributed by atoms with E-state index in [1.165, 1.54) is 25.4 Å². The highest BCUT2D eigenvalue weighted by atomic mass is 19.4. The number of nitrogens with one attached hydrogen (secondary N) is 2. The van der Waals surface area contributed by atoms with Gasteiger partial charge in [-0.05, 0) is 50.5 Å².